The molecule has 0 bridgehead atoms. The molecule has 0 radical (unpaired) electrons. The molecule has 2 aromatic rings. The normalized spacial score (nSPS) is 10.9. The average molecular weight is 315 g/mol. The van der Waals surface area contributed by atoms with Crippen molar-refractivity contribution in [3.63, 3.8) is 0 Å². The van der Waals surface area contributed by atoms with Gasteiger partial charge in [-0.1, -0.05) is 15.9 Å². The number of nitrogens with one attached hydrogen (secondary N) is 1. The van der Waals surface area contributed by atoms with Gasteiger partial charge < -0.3 is 5.73 Å². The molecule has 1 aromatic heterocycles. The number of nitrogens with two attached hydrogens (primary N) is 1. The number of aromatic nitrogens is 1. The first kappa shape index (κ1) is 12.0. The van der Waals surface area contributed by atoms with Gasteiger partial charge in [-0.2, -0.15) is 5.10 Å². The predicted octanol–water partition coefficient (Wildman–Crippen LogP) is 3.07. The first-order valence-electron chi connectivity index (χ1n) is 4.60. The second-order valence-corrected chi connectivity index (χ2v) is 4.89. The number of hydrogen-bond acceptors (Lipinski definition) is 5. The van der Waals surface area contributed by atoms with Crippen molar-refractivity contribution in [1.29, 1.82) is 0 Å². The maximum atomic E-state index is 13.3. The summed E-state index contributed by atoms with van der Waals surface area (Å²) in [5.41, 5.74) is 8.51. The third kappa shape index (κ3) is 3.24. The number of thiazole rings is 1. The molecule has 0 fully saturated rings. The van der Waals surface area contributed by atoms with Gasteiger partial charge in [0.15, 0.2) is 0 Å². The topological polar surface area (TPSA) is 63.3 Å². The SMILES string of the molecule is Nc1csc(NN=Cc2cc(Br)ccc2F)n1. The molecule has 17 heavy (non-hydrogen) atoms. The monoisotopic (exact) mass is 314 g/mol. The summed E-state index contributed by atoms with van der Waals surface area (Å²) < 4.78 is 14.1. The van der Waals surface area contributed by atoms with Crippen molar-refractivity contribution in [2.45, 2.75) is 0 Å². The van der Waals surface area contributed by atoms with Crippen molar-refractivity contribution in [2.75, 3.05) is 11.2 Å². The van der Waals surface area contributed by atoms with Crippen LogP contribution in [0.1, 0.15) is 5.56 Å². The van der Waals surface area contributed by atoms with E-state index in [0.29, 0.717) is 16.5 Å². The van der Waals surface area contributed by atoms with E-state index < -0.39 is 0 Å². The Morgan fingerprint density at radius 1 is 1.53 bits per heavy atom. The lowest BCUT2D eigenvalue weighted by Crippen LogP contribution is -1.93. The molecule has 0 saturated heterocycles. The third-order valence-electron chi connectivity index (χ3n) is 1.84. The lowest BCUT2D eigenvalue weighted by molar-refractivity contribution is 0.625. The van der Waals surface area contributed by atoms with Crippen LogP contribution in [0.4, 0.5) is 15.3 Å². The quantitative estimate of drug-likeness (QED) is 0.676. The minimum absolute atomic E-state index is 0.336. The Kier molecular flexibility index (Phi) is 3.70. The summed E-state index contributed by atoms with van der Waals surface area (Å²) in [5, 5.41) is 6.14. The maximum absolute atomic E-state index is 13.3. The lowest BCUT2D eigenvalue weighted by atomic mass is 10.2. The molecule has 0 aliphatic carbocycles. The van der Waals surface area contributed by atoms with Gasteiger partial charge in [0.1, 0.15) is 11.6 Å². The fraction of sp³-hybridized carbons (Fsp3) is 0. The number of halogens is 2. The van der Waals surface area contributed by atoms with E-state index in [1.54, 1.807) is 17.5 Å². The second kappa shape index (κ2) is 5.24. The average Bonchev–Trinajstić information content (AvgIpc) is 2.69. The van der Waals surface area contributed by atoms with Crippen molar-refractivity contribution in [2.24, 2.45) is 5.10 Å². The zero-order valence-electron chi connectivity index (χ0n) is 8.52. The Morgan fingerprint density at radius 3 is 3.06 bits per heavy atom. The van der Waals surface area contributed by atoms with Crippen LogP contribution in [0.3, 0.4) is 0 Å². The van der Waals surface area contributed by atoms with Gasteiger partial charge in [-0.3, -0.25) is 5.43 Å². The summed E-state index contributed by atoms with van der Waals surface area (Å²) in [6.07, 6.45) is 1.39. The number of hydrogen-bond donors (Lipinski definition) is 2. The van der Waals surface area contributed by atoms with Crippen molar-refractivity contribution >= 4 is 44.4 Å². The van der Waals surface area contributed by atoms with Crippen LogP contribution in [-0.2, 0) is 0 Å². The number of hydrazone groups is 1. The van der Waals surface area contributed by atoms with E-state index in [0.717, 1.165) is 4.47 Å². The van der Waals surface area contributed by atoms with Crippen LogP contribution in [0.15, 0.2) is 33.2 Å². The Labute approximate surface area is 110 Å². The summed E-state index contributed by atoms with van der Waals surface area (Å²) in [6, 6.07) is 4.63. The molecule has 0 amide bonds. The van der Waals surface area contributed by atoms with Crippen LogP contribution in [0.25, 0.3) is 0 Å². The fourth-order valence-corrected chi connectivity index (χ4v) is 2.04. The van der Waals surface area contributed by atoms with Gasteiger partial charge in [-0.05, 0) is 18.2 Å². The van der Waals surface area contributed by atoms with E-state index in [4.69, 9.17) is 5.73 Å². The highest BCUT2D eigenvalue weighted by Crippen LogP contribution is 2.17. The highest BCUT2D eigenvalue weighted by molar-refractivity contribution is 9.10. The van der Waals surface area contributed by atoms with Crippen molar-refractivity contribution < 1.29 is 4.39 Å². The molecule has 0 aliphatic heterocycles. The first-order chi connectivity index (χ1) is 8.15. The highest BCUT2D eigenvalue weighted by atomic mass is 79.9. The molecule has 0 saturated carbocycles. The molecule has 3 N–H and O–H groups in total. The minimum atomic E-state index is -0.336. The second-order valence-electron chi connectivity index (χ2n) is 3.11. The van der Waals surface area contributed by atoms with Gasteiger partial charge in [0, 0.05) is 15.4 Å². The zero-order chi connectivity index (χ0) is 12.3. The van der Waals surface area contributed by atoms with Gasteiger partial charge in [0.25, 0.3) is 0 Å². The zero-order valence-corrected chi connectivity index (χ0v) is 10.9. The number of nitrogens with zero attached hydrogens (tertiary/aromatic N) is 2. The van der Waals surface area contributed by atoms with Gasteiger partial charge in [0.2, 0.25) is 5.13 Å². The van der Waals surface area contributed by atoms with Crippen LogP contribution in [0.2, 0.25) is 0 Å². The highest BCUT2D eigenvalue weighted by Gasteiger charge is 2.00. The van der Waals surface area contributed by atoms with Crippen LogP contribution in [-0.4, -0.2) is 11.2 Å². The largest absolute Gasteiger partial charge is 0.383 e. The molecule has 0 unspecified atom stereocenters. The van der Waals surface area contributed by atoms with Gasteiger partial charge in [0.05, 0.1) is 6.21 Å². The Bertz CT molecular complexity index is 555. The standard InChI is InChI=1S/C10H8BrFN4S/c11-7-1-2-8(12)6(3-7)4-14-16-10-15-9(13)5-17-10/h1-5H,13H2,(H,15,16). The number of nitrogen functional groups attached to an aromatic ring is 1. The van der Waals surface area contributed by atoms with E-state index in [2.05, 4.69) is 31.4 Å². The third-order valence-corrected chi connectivity index (χ3v) is 3.10. The molecule has 1 aromatic carbocycles. The Morgan fingerprint density at radius 2 is 2.35 bits per heavy atom. The minimum Gasteiger partial charge on any atom is -0.383 e. The van der Waals surface area contributed by atoms with Crippen molar-refractivity contribution in [3.05, 3.63) is 39.4 Å². The Hall–Kier alpha value is -1.47. The molecule has 2 rings (SSSR count). The molecule has 7 heteroatoms. The fourth-order valence-electron chi connectivity index (χ4n) is 1.11. The van der Waals surface area contributed by atoms with Gasteiger partial charge in [-0.25, -0.2) is 9.37 Å². The molecular formula is C10H8BrFN4S. The maximum Gasteiger partial charge on any atom is 0.205 e. The van der Waals surface area contributed by atoms with E-state index in [1.165, 1.54) is 23.6 Å². The first-order valence-corrected chi connectivity index (χ1v) is 6.27. The molecule has 4 nitrogen and oxygen atoms in total. The van der Waals surface area contributed by atoms with E-state index in [-0.39, 0.29) is 5.82 Å². The summed E-state index contributed by atoms with van der Waals surface area (Å²) in [6.45, 7) is 0. The smallest absolute Gasteiger partial charge is 0.205 e. The molecule has 0 aliphatic rings. The van der Waals surface area contributed by atoms with Gasteiger partial charge in [-0.15, -0.1) is 11.3 Å². The van der Waals surface area contributed by atoms with Crippen LogP contribution in [0, 0.1) is 5.82 Å². The Balaban J connectivity index is 2.07. The van der Waals surface area contributed by atoms with Crippen molar-refractivity contribution in [1.82, 2.24) is 4.98 Å². The summed E-state index contributed by atoms with van der Waals surface area (Å²) in [4.78, 5) is 3.95. The summed E-state index contributed by atoms with van der Waals surface area (Å²) >= 11 is 4.59. The number of anilines is 2. The van der Waals surface area contributed by atoms with E-state index >= 15 is 0 Å². The molecule has 0 atom stereocenters. The predicted molar refractivity (Wildman–Crippen MR) is 71.8 cm³/mol. The van der Waals surface area contributed by atoms with Gasteiger partial charge >= 0.3 is 0 Å². The number of rotatable bonds is 3. The summed E-state index contributed by atoms with van der Waals surface area (Å²) in [5.74, 6) is 0.0961. The number of benzene rings is 1. The molecular weight excluding hydrogens is 307 g/mol. The molecule has 0 spiro atoms. The molecule has 88 valence electrons. The lowest BCUT2D eigenvalue weighted by Gasteiger charge is -1.97. The van der Waals surface area contributed by atoms with E-state index in [1.807, 2.05) is 0 Å². The van der Waals surface area contributed by atoms with Crippen molar-refractivity contribution in [3.8, 4) is 0 Å². The van der Waals surface area contributed by atoms with Crippen LogP contribution < -0.4 is 11.2 Å². The summed E-state index contributed by atoms with van der Waals surface area (Å²) in [7, 11) is 0. The van der Waals surface area contributed by atoms with Crippen LogP contribution in [0.5, 0.6) is 0 Å². The van der Waals surface area contributed by atoms with Crippen LogP contribution >= 0.6 is 27.3 Å². The molecule has 1 heterocycles. The van der Waals surface area contributed by atoms with E-state index in [9.17, 15) is 4.39 Å².